The van der Waals surface area contributed by atoms with Gasteiger partial charge in [0, 0.05) is 17.6 Å². The fourth-order valence-electron chi connectivity index (χ4n) is 4.12. The minimum atomic E-state index is 0.135. The first-order valence-corrected chi connectivity index (χ1v) is 9.80. The Morgan fingerprint density at radius 3 is 2.86 bits per heavy atom. The fraction of sp³-hybridized carbons (Fsp3) is 0.286. The van der Waals surface area contributed by atoms with Crippen LogP contribution < -0.4 is 4.90 Å². The molecule has 0 bridgehead atoms. The van der Waals surface area contributed by atoms with Crippen molar-refractivity contribution in [2.75, 3.05) is 11.4 Å². The van der Waals surface area contributed by atoms with Crippen molar-refractivity contribution in [3.63, 3.8) is 0 Å². The third-order valence-electron chi connectivity index (χ3n) is 5.58. The third-order valence-corrected chi connectivity index (χ3v) is 5.99. The van der Waals surface area contributed by atoms with E-state index >= 15 is 0 Å². The lowest BCUT2D eigenvalue weighted by molar-refractivity contribution is 0.513. The molecule has 1 saturated heterocycles. The average molecular weight is 392 g/mol. The van der Waals surface area contributed by atoms with Crippen molar-refractivity contribution in [2.24, 2.45) is 5.92 Å². The highest BCUT2D eigenvalue weighted by molar-refractivity contribution is 6.32. The van der Waals surface area contributed by atoms with Gasteiger partial charge in [-0.2, -0.15) is 10.2 Å². The monoisotopic (exact) mass is 391 g/mol. The van der Waals surface area contributed by atoms with Crippen LogP contribution in [-0.2, 0) is 0 Å². The summed E-state index contributed by atoms with van der Waals surface area (Å²) in [5, 5.41) is 9.34. The van der Waals surface area contributed by atoms with Gasteiger partial charge in [-0.1, -0.05) is 30.7 Å². The molecule has 4 aromatic rings. The number of aromatic nitrogens is 5. The molecule has 0 aliphatic carbocycles. The Morgan fingerprint density at radius 1 is 1.21 bits per heavy atom. The summed E-state index contributed by atoms with van der Waals surface area (Å²) in [5.74, 6) is 1.42. The second kappa shape index (κ2) is 6.63. The van der Waals surface area contributed by atoms with Crippen LogP contribution in [-0.4, -0.2) is 31.5 Å². The standard InChI is InChI=1S/C21H20ClN6/c1-13-9-12-27(17-5-3-4-6-18(17)28-23-10-11-24-28)20(13)21-25-16-8-7-15(22)14(2)19(16)26-21/h3-5,7-8,10-11,13,20H,9,12H2,1-2H3,(H,25,26)/t13-,20-/m0/s1. The van der Waals surface area contributed by atoms with Crippen LogP contribution in [0.3, 0.4) is 0 Å². The quantitative estimate of drug-likeness (QED) is 0.558. The van der Waals surface area contributed by atoms with Gasteiger partial charge in [-0.3, -0.25) is 0 Å². The summed E-state index contributed by atoms with van der Waals surface area (Å²) in [6.45, 7) is 5.23. The number of rotatable bonds is 3. The number of fused-ring (bicyclic) bond motifs is 1. The highest BCUT2D eigenvalue weighted by atomic mass is 35.5. The van der Waals surface area contributed by atoms with E-state index in [9.17, 15) is 0 Å². The number of nitrogens with one attached hydrogen (secondary N) is 1. The predicted molar refractivity (Wildman–Crippen MR) is 110 cm³/mol. The number of benzene rings is 2. The van der Waals surface area contributed by atoms with Crippen LogP contribution in [0.2, 0.25) is 5.02 Å². The summed E-state index contributed by atoms with van der Waals surface area (Å²) in [6.07, 6.45) is 4.45. The van der Waals surface area contributed by atoms with E-state index in [4.69, 9.17) is 16.6 Å². The van der Waals surface area contributed by atoms with Crippen LogP contribution in [0.1, 0.15) is 30.8 Å². The first-order valence-electron chi connectivity index (χ1n) is 9.42. The number of aryl methyl sites for hydroxylation is 1. The van der Waals surface area contributed by atoms with Crippen LogP contribution >= 0.6 is 11.6 Å². The number of nitrogens with zero attached hydrogens (tertiary/aromatic N) is 5. The van der Waals surface area contributed by atoms with Gasteiger partial charge in [0.1, 0.15) is 11.5 Å². The molecule has 5 rings (SSSR count). The van der Waals surface area contributed by atoms with E-state index in [1.807, 2.05) is 31.2 Å². The predicted octanol–water partition coefficient (Wildman–Crippen LogP) is 4.49. The maximum absolute atomic E-state index is 6.30. The van der Waals surface area contributed by atoms with E-state index in [1.54, 1.807) is 17.2 Å². The molecule has 1 fully saturated rings. The average Bonchev–Trinajstić information content (AvgIpc) is 3.44. The Bertz CT molecular complexity index is 1130. The Hall–Kier alpha value is -2.86. The Labute approximate surface area is 168 Å². The first kappa shape index (κ1) is 17.3. The number of H-pyrrole nitrogens is 1. The summed E-state index contributed by atoms with van der Waals surface area (Å²) in [5.41, 5.74) is 4.87. The zero-order chi connectivity index (χ0) is 19.3. The molecule has 2 aromatic heterocycles. The van der Waals surface area contributed by atoms with Crippen LogP contribution in [0.25, 0.3) is 16.7 Å². The van der Waals surface area contributed by atoms with Crippen molar-refractivity contribution < 1.29 is 0 Å². The Kier molecular flexibility index (Phi) is 4.09. The Morgan fingerprint density at radius 2 is 2.04 bits per heavy atom. The first-order chi connectivity index (χ1) is 13.6. The van der Waals surface area contributed by atoms with E-state index in [-0.39, 0.29) is 6.04 Å². The number of anilines is 1. The molecule has 3 heterocycles. The number of hydrogen-bond acceptors (Lipinski definition) is 4. The molecule has 141 valence electrons. The van der Waals surface area contributed by atoms with Gasteiger partial charge in [0.15, 0.2) is 0 Å². The van der Waals surface area contributed by atoms with Crippen molar-refractivity contribution in [3.05, 3.63) is 65.2 Å². The zero-order valence-electron chi connectivity index (χ0n) is 15.7. The molecule has 2 atom stereocenters. The lowest BCUT2D eigenvalue weighted by Crippen LogP contribution is -2.27. The van der Waals surface area contributed by atoms with Gasteiger partial charge >= 0.3 is 0 Å². The smallest absolute Gasteiger partial charge is 0.130 e. The summed E-state index contributed by atoms with van der Waals surface area (Å²) in [6, 6.07) is 13.4. The minimum absolute atomic E-state index is 0.135. The second-order valence-corrected chi connectivity index (χ2v) is 7.72. The molecule has 1 aliphatic rings. The van der Waals surface area contributed by atoms with Crippen LogP contribution in [0.4, 0.5) is 5.69 Å². The van der Waals surface area contributed by atoms with Gasteiger partial charge in [0.2, 0.25) is 0 Å². The van der Waals surface area contributed by atoms with E-state index < -0.39 is 0 Å². The molecule has 7 heteroatoms. The van der Waals surface area contributed by atoms with Gasteiger partial charge in [0.25, 0.3) is 0 Å². The summed E-state index contributed by atoms with van der Waals surface area (Å²) < 4.78 is 0. The lowest BCUT2D eigenvalue weighted by Gasteiger charge is -2.28. The third kappa shape index (κ3) is 2.67. The fourth-order valence-corrected chi connectivity index (χ4v) is 4.28. The van der Waals surface area contributed by atoms with Gasteiger partial charge < -0.3 is 9.88 Å². The van der Waals surface area contributed by atoms with E-state index in [0.29, 0.717) is 5.92 Å². The van der Waals surface area contributed by atoms with Crippen molar-refractivity contribution in [3.8, 4) is 5.69 Å². The molecule has 0 saturated carbocycles. The number of para-hydroxylation sites is 1. The van der Waals surface area contributed by atoms with Crippen molar-refractivity contribution >= 4 is 28.3 Å². The van der Waals surface area contributed by atoms with E-state index in [1.165, 1.54) is 0 Å². The molecule has 1 aliphatic heterocycles. The number of halogens is 1. The summed E-state index contributed by atoms with van der Waals surface area (Å²) in [4.78, 5) is 12.5. The maximum Gasteiger partial charge on any atom is 0.130 e. The van der Waals surface area contributed by atoms with Crippen LogP contribution in [0.15, 0.2) is 42.7 Å². The molecule has 1 radical (unpaired) electrons. The molecule has 2 aromatic carbocycles. The molecule has 6 nitrogen and oxygen atoms in total. The molecule has 28 heavy (non-hydrogen) atoms. The topological polar surface area (TPSA) is 62.6 Å². The number of aromatic amines is 1. The largest absolute Gasteiger partial charge is 0.359 e. The zero-order valence-corrected chi connectivity index (χ0v) is 16.5. The van der Waals surface area contributed by atoms with Gasteiger partial charge in [-0.25, -0.2) is 4.98 Å². The van der Waals surface area contributed by atoms with Crippen molar-refractivity contribution in [1.29, 1.82) is 0 Å². The molecule has 0 amide bonds. The van der Waals surface area contributed by atoms with Gasteiger partial charge in [-0.15, -0.1) is 4.80 Å². The summed E-state index contributed by atoms with van der Waals surface area (Å²) in [7, 11) is 0. The molecular weight excluding hydrogens is 372 g/mol. The number of hydrogen-bond donors (Lipinski definition) is 1. The van der Waals surface area contributed by atoms with Crippen LogP contribution in [0, 0.1) is 18.9 Å². The summed E-state index contributed by atoms with van der Waals surface area (Å²) >= 11 is 6.30. The van der Waals surface area contributed by atoms with E-state index in [2.05, 4.69) is 39.1 Å². The van der Waals surface area contributed by atoms with Crippen molar-refractivity contribution in [1.82, 2.24) is 25.0 Å². The van der Waals surface area contributed by atoms with Crippen LogP contribution in [0.5, 0.6) is 0 Å². The maximum atomic E-state index is 6.30. The van der Waals surface area contributed by atoms with Gasteiger partial charge in [0.05, 0.1) is 35.2 Å². The molecule has 1 N–H and O–H groups in total. The lowest BCUT2D eigenvalue weighted by atomic mass is 10.0. The second-order valence-electron chi connectivity index (χ2n) is 7.32. The van der Waals surface area contributed by atoms with E-state index in [0.717, 1.165) is 51.8 Å². The number of imidazole rings is 1. The highest BCUT2D eigenvalue weighted by Crippen LogP contribution is 2.41. The Balaban J connectivity index is 1.62. The van der Waals surface area contributed by atoms with Gasteiger partial charge in [-0.05, 0) is 43.0 Å². The molecular formula is C21H20ClN6. The van der Waals surface area contributed by atoms with Crippen molar-refractivity contribution in [2.45, 2.75) is 26.3 Å². The highest BCUT2D eigenvalue weighted by Gasteiger charge is 2.36. The molecule has 0 spiro atoms. The minimum Gasteiger partial charge on any atom is -0.359 e. The SMILES string of the molecule is Cc1c(Cl)ccc2[nH]c([C@@H]3[C@@H](C)CCN3c3ccc[c]c3-n3nccn3)nc12. The normalized spacial score (nSPS) is 19.6. The molecule has 0 unspecified atom stereocenters.